The number of benzene rings is 1. The first-order chi connectivity index (χ1) is 8.54. The lowest BCUT2D eigenvalue weighted by Gasteiger charge is -2.12. The molecule has 1 aromatic carbocycles. The molecule has 96 valence electrons. The highest BCUT2D eigenvalue weighted by Gasteiger charge is 2.23. The molecule has 0 spiro atoms. The van der Waals surface area contributed by atoms with Crippen LogP contribution in [0, 0.1) is 11.3 Å². The molecule has 0 bridgehead atoms. The van der Waals surface area contributed by atoms with E-state index in [-0.39, 0.29) is 29.2 Å². The molecule has 1 rings (SSSR count). The van der Waals surface area contributed by atoms with E-state index in [1.165, 1.54) is 6.07 Å². The van der Waals surface area contributed by atoms with Crippen LogP contribution >= 0.6 is 11.6 Å². The van der Waals surface area contributed by atoms with Gasteiger partial charge in [0.2, 0.25) is 0 Å². The summed E-state index contributed by atoms with van der Waals surface area (Å²) in [7, 11) is 0. The Hall–Kier alpha value is -1.67. The van der Waals surface area contributed by atoms with E-state index in [4.69, 9.17) is 21.6 Å². The SMILES string of the molecule is CCOC(=O)c1c(CCl)cc(C#N)cc1C(F)F. The van der Waals surface area contributed by atoms with Crippen LogP contribution in [-0.2, 0) is 10.6 Å². The molecule has 0 radical (unpaired) electrons. The van der Waals surface area contributed by atoms with Crippen LogP contribution in [0.2, 0.25) is 0 Å². The highest BCUT2D eigenvalue weighted by atomic mass is 35.5. The first-order valence-electron chi connectivity index (χ1n) is 5.13. The monoisotopic (exact) mass is 273 g/mol. The average molecular weight is 274 g/mol. The highest BCUT2D eigenvalue weighted by molar-refractivity contribution is 6.17. The van der Waals surface area contributed by atoms with Crippen LogP contribution in [0.1, 0.15) is 40.4 Å². The van der Waals surface area contributed by atoms with Crippen LogP contribution in [0.5, 0.6) is 0 Å². The Morgan fingerprint density at radius 3 is 2.67 bits per heavy atom. The second-order valence-corrected chi connectivity index (χ2v) is 3.63. The van der Waals surface area contributed by atoms with Gasteiger partial charge in [0.05, 0.1) is 23.8 Å². The number of rotatable bonds is 4. The van der Waals surface area contributed by atoms with Gasteiger partial charge in [0, 0.05) is 11.4 Å². The third-order valence-corrected chi connectivity index (χ3v) is 2.53. The lowest BCUT2D eigenvalue weighted by Crippen LogP contribution is -2.12. The number of nitrogens with zero attached hydrogens (tertiary/aromatic N) is 1. The first-order valence-corrected chi connectivity index (χ1v) is 5.66. The fourth-order valence-electron chi connectivity index (χ4n) is 1.52. The van der Waals surface area contributed by atoms with E-state index >= 15 is 0 Å². The summed E-state index contributed by atoms with van der Waals surface area (Å²) in [5.74, 6) is -1.00. The van der Waals surface area contributed by atoms with E-state index in [2.05, 4.69) is 0 Å². The maximum Gasteiger partial charge on any atom is 0.338 e. The van der Waals surface area contributed by atoms with Crippen molar-refractivity contribution in [1.82, 2.24) is 0 Å². The zero-order chi connectivity index (χ0) is 13.7. The summed E-state index contributed by atoms with van der Waals surface area (Å²) >= 11 is 5.62. The van der Waals surface area contributed by atoms with Gasteiger partial charge in [-0.05, 0) is 24.6 Å². The van der Waals surface area contributed by atoms with Crippen molar-refractivity contribution in [2.24, 2.45) is 0 Å². The molecule has 3 nitrogen and oxygen atoms in total. The Morgan fingerprint density at radius 1 is 1.56 bits per heavy atom. The van der Waals surface area contributed by atoms with Crippen LogP contribution in [-0.4, -0.2) is 12.6 Å². The van der Waals surface area contributed by atoms with Gasteiger partial charge in [-0.15, -0.1) is 11.6 Å². The summed E-state index contributed by atoms with van der Waals surface area (Å²) in [6, 6.07) is 4.04. The molecule has 0 atom stereocenters. The van der Waals surface area contributed by atoms with Crippen molar-refractivity contribution in [2.45, 2.75) is 19.2 Å². The molecule has 1 aromatic rings. The van der Waals surface area contributed by atoms with Gasteiger partial charge in [0.25, 0.3) is 6.43 Å². The van der Waals surface area contributed by atoms with E-state index in [0.29, 0.717) is 0 Å². The lowest BCUT2D eigenvalue weighted by atomic mass is 9.99. The predicted octanol–water partition coefficient (Wildman–Crippen LogP) is 3.41. The molecule has 0 unspecified atom stereocenters. The van der Waals surface area contributed by atoms with Gasteiger partial charge in [0.1, 0.15) is 0 Å². The smallest absolute Gasteiger partial charge is 0.338 e. The van der Waals surface area contributed by atoms with Gasteiger partial charge in [-0.2, -0.15) is 5.26 Å². The van der Waals surface area contributed by atoms with Crippen molar-refractivity contribution >= 4 is 17.6 Å². The normalized spacial score (nSPS) is 10.2. The fourth-order valence-corrected chi connectivity index (χ4v) is 1.73. The first kappa shape index (κ1) is 14.4. The van der Waals surface area contributed by atoms with Crippen molar-refractivity contribution in [3.05, 3.63) is 34.4 Å². The quantitative estimate of drug-likeness (QED) is 0.624. The molecule has 0 fully saturated rings. The Morgan fingerprint density at radius 2 is 2.22 bits per heavy atom. The number of hydrogen-bond acceptors (Lipinski definition) is 3. The van der Waals surface area contributed by atoms with Gasteiger partial charge < -0.3 is 4.74 Å². The minimum absolute atomic E-state index is 0.0361. The minimum Gasteiger partial charge on any atom is -0.462 e. The summed E-state index contributed by atoms with van der Waals surface area (Å²) in [6.07, 6.45) is -2.88. The number of nitriles is 1. The van der Waals surface area contributed by atoms with Crippen molar-refractivity contribution in [3.63, 3.8) is 0 Å². The average Bonchev–Trinajstić information content (AvgIpc) is 2.37. The third kappa shape index (κ3) is 2.96. The maximum absolute atomic E-state index is 12.9. The second-order valence-electron chi connectivity index (χ2n) is 3.37. The number of hydrogen-bond donors (Lipinski definition) is 0. The van der Waals surface area contributed by atoms with Gasteiger partial charge in [-0.1, -0.05) is 0 Å². The highest BCUT2D eigenvalue weighted by Crippen LogP contribution is 2.28. The zero-order valence-electron chi connectivity index (χ0n) is 9.54. The molecular formula is C12H10ClF2NO2. The van der Waals surface area contributed by atoms with Crippen LogP contribution in [0.3, 0.4) is 0 Å². The topological polar surface area (TPSA) is 50.1 Å². The lowest BCUT2D eigenvalue weighted by molar-refractivity contribution is 0.0514. The van der Waals surface area contributed by atoms with E-state index in [0.717, 1.165) is 6.07 Å². The molecular weight excluding hydrogens is 264 g/mol. The molecule has 0 heterocycles. The van der Waals surface area contributed by atoms with Gasteiger partial charge in [-0.25, -0.2) is 13.6 Å². The predicted molar refractivity (Wildman–Crippen MR) is 61.6 cm³/mol. The summed E-state index contributed by atoms with van der Waals surface area (Å²) < 4.78 is 30.5. The largest absolute Gasteiger partial charge is 0.462 e. The molecule has 0 amide bonds. The molecule has 0 saturated carbocycles. The number of carbonyl (C=O) groups is 1. The maximum atomic E-state index is 12.9. The second kappa shape index (κ2) is 6.31. The molecule has 0 aliphatic heterocycles. The van der Waals surface area contributed by atoms with Crippen LogP contribution in [0.4, 0.5) is 8.78 Å². The molecule has 0 saturated heterocycles. The summed E-state index contributed by atoms with van der Waals surface area (Å²) in [4.78, 5) is 11.7. The summed E-state index contributed by atoms with van der Waals surface area (Å²) in [5, 5.41) is 8.74. The zero-order valence-corrected chi connectivity index (χ0v) is 10.3. The molecule has 18 heavy (non-hydrogen) atoms. The van der Waals surface area contributed by atoms with Gasteiger partial charge >= 0.3 is 5.97 Å². The van der Waals surface area contributed by atoms with Crippen molar-refractivity contribution in [1.29, 1.82) is 5.26 Å². The Bertz CT molecular complexity index is 498. The van der Waals surface area contributed by atoms with Crippen LogP contribution in [0.15, 0.2) is 12.1 Å². The van der Waals surface area contributed by atoms with Crippen molar-refractivity contribution in [2.75, 3.05) is 6.61 Å². The number of esters is 1. The Labute approximate surface area is 108 Å². The molecule has 6 heteroatoms. The van der Waals surface area contributed by atoms with Crippen LogP contribution in [0.25, 0.3) is 0 Å². The number of ether oxygens (including phenoxy) is 1. The number of carbonyl (C=O) groups excluding carboxylic acids is 1. The van der Waals surface area contributed by atoms with Gasteiger partial charge in [0.15, 0.2) is 0 Å². The number of halogens is 3. The Balaban J connectivity index is 3.45. The summed E-state index contributed by atoms with van der Waals surface area (Å²) in [5.41, 5.74) is -0.567. The van der Waals surface area contributed by atoms with E-state index in [9.17, 15) is 13.6 Å². The van der Waals surface area contributed by atoms with Gasteiger partial charge in [-0.3, -0.25) is 0 Å². The van der Waals surface area contributed by atoms with Crippen molar-refractivity contribution < 1.29 is 18.3 Å². The van der Waals surface area contributed by atoms with E-state index < -0.39 is 18.0 Å². The molecule has 0 aromatic heterocycles. The third-order valence-electron chi connectivity index (χ3n) is 2.24. The molecule has 0 aliphatic rings. The Kier molecular flexibility index (Phi) is 5.05. The number of alkyl halides is 3. The van der Waals surface area contributed by atoms with Crippen LogP contribution < -0.4 is 0 Å². The molecule has 0 N–H and O–H groups in total. The standard InChI is InChI=1S/C12H10ClF2NO2/c1-2-18-12(17)10-8(5-13)3-7(6-16)4-9(10)11(14)15/h3-4,11H,2,5H2,1H3. The van der Waals surface area contributed by atoms with E-state index in [1.54, 1.807) is 13.0 Å². The molecule has 0 aliphatic carbocycles. The fraction of sp³-hybridized carbons (Fsp3) is 0.333. The van der Waals surface area contributed by atoms with Crippen molar-refractivity contribution in [3.8, 4) is 6.07 Å². The summed E-state index contributed by atoms with van der Waals surface area (Å²) in [6.45, 7) is 1.65. The minimum atomic E-state index is -2.88. The van der Waals surface area contributed by atoms with E-state index in [1.807, 2.05) is 0 Å².